The van der Waals surface area contributed by atoms with Crippen LogP contribution in [0.1, 0.15) is 296 Å². The lowest BCUT2D eigenvalue weighted by Gasteiger charge is -2.19. The zero-order valence-corrected chi connectivity index (χ0v) is 40.7. The van der Waals surface area contributed by atoms with Gasteiger partial charge in [-0.05, 0) is 44.9 Å². The van der Waals surface area contributed by atoms with Gasteiger partial charge in [-0.1, -0.05) is 281 Å². The van der Waals surface area contributed by atoms with Gasteiger partial charge in [0.15, 0.2) is 0 Å². The lowest BCUT2D eigenvalue weighted by Crippen LogP contribution is -2.45. The number of nitrogens with one attached hydrogen (secondary N) is 1. The van der Waals surface area contributed by atoms with Gasteiger partial charge in [0.2, 0.25) is 5.91 Å². The first kappa shape index (κ1) is 58.6. The minimum Gasteiger partial charge on any atom is -0.394 e. The highest BCUT2D eigenvalue weighted by Gasteiger charge is 2.18. The Morgan fingerprint density at radius 3 is 0.967 bits per heavy atom. The van der Waals surface area contributed by atoms with Crippen molar-refractivity contribution in [2.75, 3.05) is 6.61 Å². The largest absolute Gasteiger partial charge is 0.394 e. The smallest absolute Gasteiger partial charge is 0.220 e. The fourth-order valence-corrected chi connectivity index (χ4v) is 8.45. The second-order valence-electron chi connectivity index (χ2n) is 18.6. The van der Waals surface area contributed by atoms with Crippen LogP contribution in [0.3, 0.4) is 0 Å². The molecule has 4 heteroatoms. The van der Waals surface area contributed by atoms with Crippen molar-refractivity contribution in [3.05, 3.63) is 36.5 Å². The molecule has 0 heterocycles. The summed E-state index contributed by atoms with van der Waals surface area (Å²) in [4.78, 5) is 12.4. The van der Waals surface area contributed by atoms with Crippen molar-refractivity contribution in [1.82, 2.24) is 5.32 Å². The van der Waals surface area contributed by atoms with Gasteiger partial charge in [0.05, 0.1) is 18.8 Å². The van der Waals surface area contributed by atoms with Crippen molar-refractivity contribution in [2.24, 2.45) is 0 Å². The number of hydrogen-bond donors (Lipinski definition) is 3. The number of unbranched alkanes of at least 4 members (excludes halogenated alkanes) is 39. The fourth-order valence-electron chi connectivity index (χ4n) is 8.45. The molecule has 0 aromatic heterocycles. The summed E-state index contributed by atoms with van der Waals surface area (Å²) < 4.78 is 0. The van der Waals surface area contributed by atoms with Crippen molar-refractivity contribution in [3.8, 4) is 0 Å². The molecule has 2 unspecified atom stereocenters. The van der Waals surface area contributed by atoms with Gasteiger partial charge >= 0.3 is 0 Å². The predicted molar refractivity (Wildman–Crippen MR) is 267 cm³/mol. The minimum atomic E-state index is -0.868. The quantitative estimate of drug-likeness (QED) is 0.0422. The summed E-state index contributed by atoms with van der Waals surface area (Å²) in [6.45, 7) is 4.32. The van der Waals surface area contributed by atoms with Crippen LogP contribution in [0, 0.1) is 0 Å². The molecule has 2 atom stereocenters. The van der Waals surface area contributed by atoms with Crippen LogP contribution in [0.2, 0.25) is 0 Å². The summed E-state index contributed by atoms with van der Waals surface area (Å²) in [7, 11) is 0. The molecule has 1 amide bonds. The number of aliphatic hydroxyl groups is 2. The monoisotopic (exact) mass is 842 g/mol. The Labute approximate surface area is 376 Å². The molecule has 0 bridgehead atoms. The maximum absolute atomic E-state index is 12.4. The standard InChI is InChI=1S/C56H107NO3/c1-3-5-7-9-11-13-15-17-19-20-21-22-23-24-25-26-27-28-29-30-31-32-33-34-35-36-38-39-41-43-45-47-49-51-55(59)54(53-58)57-56(60)52-50-48-46-44-42-40-37-18-16-14-12-10-8-6-4-2/h35-36,41,43,49,51,54-55,58-59H,3-34,37-40,42,44-48,50,52-53H2,1-2H3,(H,57,60)/b36-35+,43-41+,51-49+. The van der Waals surface area contributed by atoms with Gasteiger partial charge in [-0.25, -0.2) is 0 Å². The number of allylic oxidation sites excluding steroid dienone is 5. The van der Waals surface area contributed by atoms with Crippen LogP contribution < -0.4 is 5.32 Å². The molecule has 0 aromatic rings. The Balaban J connectivity index is 3.51. The second kappa shape index (κ2) is 52.0. The normalized spacial score (nSPS) is 13.1. The van der Waals surface area contributed by atoms with E-state index in [0.29, 0.717) is 6.42 Å². The molecule has 0 spiro atoms. The average molecular weight is 842 g/mol. The van der Waals surface area contributed by atoms with E-state index in [1.807, 2.05) is 6.08 Å². The SMILES string of the molecule is CCCCCCCCCCCCCCCCCCCCCCCCC/C=C/CC/C=C/CC/C=C/C(O)C(CO)NC(=O)CCCCCCCCCCCCCCCCC. The predicted octanol–water partition coefficient (Wildman–Crippen LogP) is 17.7. The van der Waals surface area contributed by atoms with Crippen molar-refractivity contribution in [1.29, 1.82) is 0 Å². The molecule has 0 saturated carbocycles. The van der Waals surface area contributed by atoms with Crippen LogP contribution in [-0.4, -0.2) is 34.9 Å². The highest BCUT2D eigenvalue weighted by molar-refractivity contribution is 5.76. The van der Waals surface area contributed by atoms with Crippen molar-refractivity contribution >= 4 is 5.91 Å². The Morgan fingerprint density at radius 2 is 0.650 bits per heavy atom. The zero-order chi connectivity index (χ0) is 43.5. The van der Waals surface area contributed by atoms with Crippen LogP contribution in [0.4, 0.5) is 0 Å². The number of rotatable bonds is 50. The van der Waals surface area contributed by atoms with Crippen LogP contribution in [0.25, 0.3) is 0 Å². The summed E-state index contributed by atoms with van der Waals surface area (Å²) in [5.74, 6) is -0.0747. The molecule has 0 fully saturated rings. The summed E-state index contributed by atoms with van der Waals surface area (Å²) >= 11 is 0. The summed E-state index contributed by atoms with van der Waals surface area (Å²) in [5, 5.41) is 23.1. The summed E-state index contributed by atoms with van der Waals surface area (Å²) in [5.41, 5.74) is 0. The van der Waals surface area contributed by atoms with E-state index in [1.54, 1.807) is 6.08 Å². The first-order valence-electron chi connectivity index (χ1n) is 27.2. The molecule has 0 aromatic carbocycles. The third-order valence-corrected chi connectivity index (χ3v) is 12.6. The molecule has 0 rings (SSSR count). The zero-order valence-electron chi connectivity index (χ0n) is 40.7. The molecular formula is C56H107NO3. The first-order chi connectivity index (χ1) is 29.7. The van der Waals surface area contributed by atoms with E-state index in [1.165, 1.54) is 238 Å². The van der Waals surface area contributed by atoms with E-state index in [4.69, 9.17) is 0 Å². The molecule has 0 aliphatic rings. The first-order valence-corrected chi connectivity index (χ1v) is 27.2. The Hall–Kier alpha value is -1.39. The number of hydrogen-bond acceptors (Lipinski definition) is 3. The van der Waals surface area contributed by atoms with Gasteiger partial charge in [0.1, 0.15) is 0 Å². The average Bonchev–Trinajstić information content (AvgIpc) is 3.25. The molecule has 0 radical (unpaired) electrons. The molecular weight excluding hydrogens is 735 g/mol. The van der Waals surface area contributed by atoms with Crippen LogP contribution in [0.15, 0.2) is 36.5 Å². The molecule has 60 heavy (non-hydrogen) atoms. The highest BCUT2D eigenvalue weighted by Crippen LogP contribution is 2.17. The van der Waals surface area contributed by atoms with Crippen molar-refractivity contribution < 1.29 is 15.0 Å². The molecule has 0 aliphatic heterocycles. The maximum atomic E-state index is 12.4. The number of aliphatic hydroxyl groups excluding tert-OH is 2. The van der Waals surface area contributed by atoms with E-state index >= 15 is 0 Å². The van der Waals surface area contributed by atoms with Gasteiger partial charge in [-0.3, -0.25) is 4.79 Å². The van der Waals surface area contributed by atoms with E-state index in [2.05, 4.69) is 43.5 Å². The van der Waals surface area contributed by atoms with E-state index in [0.717, 1.165) is 38.5 Å². The minimum absolute atomic E-state index is 0.0747. The van der Waals surface area contributed by atoms with Crippen LogP contribution >= 0.6 is 0 Å². The Morgan fingerprint density at radius 1 is 0.383 bits per heavy atom. The van der Waals surface area contributed by atoms with Crippen molar-refractivity contribution in [3.63, 3.8) is 0 Å². The van der Waals surface area contributed by atoms with E-state index in [-0.39, 0.29) is 12.5 Å². The molecule has 4 nitrogen and oxygen atoms in total. The topological polar surface area (TPSA) is 69.6 Å². The maximum Gasteiger partial charge on any atom is 0.220 e. The Kier molecular flexibility index (Phi) is 50.8. The van der Waals surface area contributed by atoms with E-state index in [9.17, 15) is 15.0 Å². The fraction of sp³-hybridized carbons (Fsp3) is 0.875. The number of carbonyl (C=O) groups excluding carboxylic acids is 1. The number of amides is 1. The third-order valence-electron chi connectivity index (χ3n) is 12.6. The molecule has 3 N–H and O–H groups in total. The van der Waals surface area contributed by atoms with Gasteiger partial charge in [0, 0.05) is 6.42 Å². The lowest BCUT2D eigenvalue weighted by atomic mass is 10.0. The molecule has 354 valence electrons. The molecule has 0 saturated heterocycles. The molecule has 0 aliphatic carbocycles. The van der Waals surface area contributed by atoms with Gasteiger partial charge < -0.3 is 15.5 Å². The van der Waals surface area contributed by atoms with Gasteiger partial charge in [-0.15, -0.1) is 0 Å². The van der Waals surface area contributed by atoms with Crippen molar-refractivity contribution in [2.45, 2.75) is 309 Å². The van der Waals surface area contributed by atoms with Gasteiger partial charge in [0.25, 0.3) is 0 Å². The van der Waals surface area contributed by atoms with Gasteiger partial charge in [-0.2, -0.15) is 0 Å². The number of carbonyl (C=O) groups is 1. The lowest BCUT2D eigenvalue weighted by molar-refractivity contribution is -0.123. The highest BCUT2D eigenvalue weighted by atomic mass is 16.3. The third kappa shape index (κ3) is 47.7. The van der Waals surface area contributed by atoms with E-state index < -0.39 is 12.1 Å². The summed E-state index contributed by atoms with van der Waals surface area (Å²) in [6, 6.07) is -0.643. The second-order valence-corrected chi connectivity index (χ2v) is 18.6. The van der Waals surface area contributed by atoms with Crippen LogP contribution in [0.5, 0.6) is 0 Å². The van der Waals surface area contributed by atoms with Crippen LogP contribution in [-0.2, 0) is 4.79 Å². The summed E-state index contributed by atoms with van der Waals surface area (Å²) in [6.07, 6.45) is 70.3. The Bertz CT molecular complexity index is 912.